The van der Waals surface area contributed by atoms with E-state index in [0.29, 0.717) is 16.8 Å². The third-order valence-corrected chi connectivity index (χ3v) is 4.72. The van der Waals surface area contributed by atoms with E-state index in [1.165, 1.54) is 0 Å². The summed E-state index contributed by atoms with van der Waals surface area (Å²) in [6.07, 6.45) is -0.632. The molecule has 0 radical (unpaired) electrons. The molecule has 6 nitrogen and oxygen atoms in total. The number of anilines is 1. The Hall–Kier alpha value is -1.60. The van der Waals surface area contributed by atoms with Crippen molar-refractivity contribution in [3.05, 3.63) is 22.8 Å². The van der Waals surface area contributed by atoms with Crippen molar-refractivity contribution in [2.75, 3.05) is 11.9 Å². The van der Waals surface area contributed by atoms with Gasteiger partial charge in [0.1, 0.15) is 10.5 Å². The number of carbonyl (C=O) groups excluding carboxylic acids is 1. The van der Waals surface area contributed by atoms with Crippen LogP contribution in [-0.4, -0.2) is 26.7 Å². The molecule has 1 rings (SSSR count). The van der Waals surface area contributed by atoms with Crippen LogP contribution in [0.3, 0.4) is 0 Å². The number of amides is 1. The zero-order valence-corrected chi connectivity index (χ0v) is 15.6. The second-order valence-corrected chi connectivity index (χ2v) is 7.88. The van der Waals surface area contributed by atoms with E-state index in [0.717, 1.165) is 5.56 Å². The van der Waals surface area contributed by atoms with Crippen molar-refractivity contribution in [3.8, 4) is 0 Å². The second kappa shape index (κ2) is 6.88. The van der Waals surface area contributed by atoms with Gasteiger partial charge in [0.05, 0.1) is 12.3 Å². The Morgan fingerprint density at radius 2 is 1.74 bits per heavy atom. The van der Waals surface area contributed by atoms with Gasteiger partial charge in [-0.25, -0.2) is 4.79 Å². The van der Waals surface area contributed by atoms with E-state index in [2.05, 4.69) is 5.32 Å². The highest BCUT2D eigenvalue weighted by atomic mass is 32.2. The van der Waals surface area contributed by atoms with Crippen molar-refractivity contribution in [1.29, 1.82) is 0 Å². The number of ether oxygens (including phenoxy) is 1. The Labute approximate surface area is 138 Å². The van der Waals surface area contributed by atoms with E-state index in [1.54, 1.807) is 54.5 Å². The molecule has 1 amide bonds. The summed E-state index contributed by atoms with van der Waals surface area (Å²) in [5.74, 6) is 0. The van der Waals surface area contributed by atoms with Crippen molar-refractivity contribution >= 4 is 21.9 Å². The van der Waals surface area contributed by atoms with Crippen molar-refractivity contribution in [2.24, 2.45) is 0 Å². The molecule has 0 saturated heterocycles. The summed E-state index contributed by atoms with van der Waals surface area (Å²) in [4.78, 5) is 12.1. The topological polar surface area (TPSA) is 81.7 Å². The van der Waals surface area contributed by atoms with Gasteiger partial charge in [0.15, 0.2) is 0 Å². The highest BCUT2D eigenvalue weighted by Gasteiger charge is 2.25. The lowest BCUT2D eigenvalue weighted by Crippen LogP contribution is -2.28. The quantitative estimate of drug-likeness (QED) is 0.843. The van der Waals surface area contributed by atoms with Gasteiger partial charge < -0.3 is 4.74 Å². The van der Waals surface area contributed by atoms with Gasteiger partial charge in [0, 0.05) is 0 Å². The summed E-state index contributed by atoms with van der Waals surface area (Å²) >= 11 is 0. The number of rotatable bonds is 4. The Balaban J connectivity index is 3.33. The van der Waals surface area contributed by atoms with Crippen LogP contribution < -0.4 is 5.32 Å². The minimum Gasteiger partial charge on any atom is -0.444 e. The molecule has 0 heterocycles. The SMILES string of the molecule is CCOS(=O)(=O)c1c(C)cc(C)c(NC(=O)OC(C)(C)C)c1C. The Bertz CT molecular complexity index is 702. The molecular formula is C16H25NO5S. The summed E-state index contributed by atoms with van der Waals surface area (Å²) < 4.78 is 34.7. The predicted octanol–water partition coefficient (Wildman–Crippen LogP) is 3.68. The summed E-state index contributed by atoms with van der Waals surface area (Å²) in [7, 11) is -3.87. The molecule has 0 saturated carbocycles. The number of nitrogens with one attached hydrogen (secondary N) is 1. The average molecular weight is 343 g/mol. The lowest BCUT2D eigenvalue weighted by Gasteiger charge is -2.22. The van der Waals surface area contributed by atoms with E-state index in [-0.39, 0.29) is 11.5 Å². The molecule has 0 fully saturated rings. The molecule has 130 valence electrons. The van der Waals surface area contributed by atoms with Crippen molar-refractivity contribution < 1.29 is 22.1 Å². The maximum absolute atomic E-state index is 12.3. The molecule has 23 heavy (non-hydrogen) atoms. The van der Waals surface area contributed by atoms with E-state index in [9.17, 15) is 13.2 Å². The highest BCUT2D eigenvalue weighted by Crippen LogP contribution is 2.31. The summed E-state index contributed by atoms with van der Waals surface area (Å²) in [6.45, 7) is 12.1. The van der Waals surface area contributed by atoms with E-state index in [1.807, 2.05) is 0 Å². The summed E-state index contributed by atoms with van der Waals surface area (Å²) in [5, 5.41) is 2.64. The van der Waals surface area contributed by atoms with E-state index >= 15 is 0 Å². The van der Waals surface area contributed by atoms with Gasteiger partial charge in [-0.3, -0.25) is 9.50 Å². The van der Waals surface area contributed by atoms with E-state index < -0.39 is 21.8 Å². The normalized spacial score (nSPS) is 12.1. The molecule has 0 spiro atoms. The van der Waals surface area contributed by atoms with Gasteiger partial charge in [-0.2, -0.15) is 8.42 Å². The molecule has 1 aromatic rings. The maximum Gasteiger partial charge on any atom is 0.412 e. The molecule has 0 aliphatic heterocycles. The molecule has 0 aliphatic rings. The lowest BCUT2D eigenvalue weighted by molar-refractivity contribution is 0.0635. The number of aryl methyl sites for hydroxylation is 2. The van der Waals surface area contributed by atoms with Gasteiger partial charge in [-0.1, -0.05) is 6.07 Å². The zero-order chi connectivity index (χ0) is 18.0. The predicted molar refractivity (Wildman–Crippen MR) is 89.3 cm³/mol. The van der Waals surface area contributed by atoms with Crippen LogP contribution in [0.2, 0.25) is 0 Å². The summed E-state index contributed by atoms with van der Waals surface area (Å²) in [6, 6.07) is 1.70. The molecule has 1 aromatic carbocycles. The fourth-order valence-electron chi connectivity index (χ4n) is 2.36. The Kier molecular flexibility index (Phi) is 5.82. The first kappa shape index (κ1) is 19.4. The first-order chi connectivity index (χ1) is 10.4. The van der Waals surface area contributed by atoms with Gasteiger partial charge in [0.2, 0.25) is 0 Å². The van der Waals surface area contributed by atoms with Crippen LogP contribution >= 0.6 is 0 Å². The van der Waals surface area contributed by atoms with E-state index in [4.69, 9.17) is 8.92 Å². The minimum absolute atomic E-state index is 0.0456. The standard InChI is InChI=1S/C16H25NO5S/c1-8-21-23(19,20)14-11(3)9-10(2)13(12(14)4)17-15(18)22-16(5,6)7/h9H,8H2,1-7H3,(H,17,18). The van der Waals surface area contributed by atoms with Crippen LogP contribution in [0, 0.1) is 20.8 Å². The Morgan fingerprint density at radius 3 is 2.22 bits per heavy atom. The summed E-state index contributed by atoms with van der Waals surface area (Å²) in [5.41, 5.74) is 1.53. The molecule has 1 N–H and O–H groups in total. The average Bonchev–Trinajstić information content (AvgIpc) is 2.31. The molecule has 0 aromatic heterocycles. The molecule has 0 bridgehead atoms. The third kappa shape index (κ3) is 4.94. The van der Waals surface area contributed by atoms with Crippen LogP contribution in [0.1, 0.15) is 44.4 Å². The maximum atomic E-state index is 12.3. The molecule has 7 heteroatoms. The first-order valence-corrected chi connectivity index (χ1v) is 8.80. The van der Waals surface area contributed by atoms with Crippen molar-refractivity contribution in [2.45, 2.75) is 59.0 Å². The largest absolute Gasteiger partial charge is 0.444 e. The lowest BCUT2D eigenvalue weighted by atomic mass is 10.0. The van der Waals surface area contributed by atoms with Crippen LogP contribution in [-0.2, 0) is 19.0 Å². The number of carbonyl (C=O) groups is 1. The molecule has 0 aliphatic carbocycles. The molecule has 0 atom stereocenters. The fraction of sp³-hybridized carbons (Fsp3) is 0.562. The van der Waals surface area contributed by atoms with Crippen molar-refractivity contribution in [3.63, 3.8) is 0 Å². The highest BCUT2D eigenvalue weighted by molar-refractivity contribution is 7.86. The molecule has 0 unspecified atom stereocenters. The van der Waals surface area contributed by atoms with Gasteiger partial charge in [-0.05, 0) is 65.2 Å². The second-order valence-electron chi connectivity index (χ2n) is 6.33. The minimum atomic E-state index is -3.87. The number of hydrogen-bond acceptors (Lipinski definition) is 5. The fourth-order valence-corrected chi connectivity index (χ4v) is 3.72. The van der Waals surface area contributed by atoms with Crippen LogP contribution in [0.25, 0.3) is 0 Å². The monoisotopic (exact) mass is 343 g/mol. The van der Waals surface area contributed by atoms with Crippen LogP contribution in [0.4, 0.5) is 10.5 Å². The van der Waals surface area contributed by atoms with Crippen molar-refractivity contribution in [1.82, 2.24) is 0 Å². The third-order valence-electron chi connectivity index (χ3n) is 3.05. The number of hydrogen-bond donors (Lipinski definition) is 1. The Morgan fingerprint density at radius 1 is 1.17 bits per heavy atom. The smallest absolute Gasteiger partial charge is 0.412 e. The van der Waals surface area contributed by atoms with Crippen LogP contribution in [0.15, 0.2) is 11.0 Å². The molecular weight excluding hydrogens is 318 g/mol. The van der Waals surface area contributed by atoms with Gasteiger partial charge in [0.25, 0.3) is 10.1 Å². The number of benzene rings is 1. The van der Waals surface area contributed by atoms with Gasteiger partial charge >= 0.3 is 6.09 Å². The zero-order valence-electron chi connectivity index (χ0n) is 14.7. The van der Waals surface area contributed by atoms with Crippen LogP contribution in [0.5, 0.6) is 0 Å². The van der Waals surface area contributed by atoms with Gasteiger partial charge in [-0.15, -0.1) is 0 Å². The first-order valence-electron chi connectivity index (χ1n) is 7.39.